The van der Waals surface area contributed by atoms with Gasteiger partial charge in [0.25, 0.3) is 0 Å². The van der Waals surface area contributed by atoms with Gasteiger partial charge in [0.05, 0.1) is 61.9 Å². The molecule has 1 aliphatic heterocycles. The fourth-order valence-corrected chi connectivity index (χ4v) is 9.16. The Bertz CT molecular complexity index is 1680. The van der Waals surface area contributed by atoms with Gasteiger partial charge in [-0.25, -0.2) is 4.98 Å². The predicted octanol–water partition coefficient (Wildman–Crippen LogP) is 5.06. The summed E-state index contributed by atoms with van der Waals surface area (Å²) in [5, 5.41) is 9.05. The van der Waals surface area contributed by atoms with Crippen molar-refractivity contribution in [3.63, 3.8) is 0 Å². The highest BCUT2D eigenvalue weighted by molar-refractivity contribution is 7.09. The first-order valence-corrected chi connectivity index (χ1v) is 23.1. The van der Waals surface area contributed by atoms with Gasteiger partial charge in [0.2, 0.25) is 23.6 Å². The fraction of sp³-hybridized carbons (Fsp3) is 0.681. The monoisotopic (exact) mass is 884 g/mol. The molecule has 14 nitrogen and oxygen atoms in total. The Hall–Kier alpha value is -3.73. The number of nitrogens with one attached hydrogen (secondary N) is 2. The van der Waals surface area contributed by atoms with Gasteiger partial charge >= 0.3 is 0 Å². The molecule has 2 aromatic rings. The highest BCUT2D eigenvalue weighted by atomic mass is 32.1. The number of nitrogens with zero attached hydrogens (tertiary/aromatic N) is 5. The Morgan fingerprint density at radius 1 is 0.919 bits per heavy atom. The van der Waals surface area contributed by atoms with Crippen LogP contribution in [0.2, 0.25) is 0 Å². The number of amides is 4. The van der Waals surface area contributed by atoms with Crippen LogP contribution >= 0.6 is 11.3 Å². The molecule has 0 saturated carbocycles. The van der Waals surface area contributed by atoms with Gasteiger partial charge in [0, 0.05) is 52.5 Å². The van der Waals surface area contributed by atoms with Crippen LogP contribution in [0.3, 0.4) is 0 Å². The zero-order valence-corrected chi connectivity index (χ0v) is 40.4. The Balaban J connectivity index is 1.76. The number of carbonyl (C=O) groups is 4. The van der Waals surface area contributed by atoms with E-state index in [1.165, 1.54) is 11.3 Å². The van der Waals surface area contributed by atoms with Crippen LogP contribution in [0.1, 0.15) is 83.8 Å². The molecule has 2 N–H and O–H groups in total. The van der Waals surface area contributed by atoms with Crippen LogP contribution in [-0.2, 0) is 39.8 Å². The molecule has 1 saturated heterocycles. The predicted molar refractivity (Wildman–Crippen MR) is 247 cm³/mol. The molecule has 62 heavy (non-hydrogen) atoms. The Labute approximate surface area is 376 Å². The number of hydrogen-bond acceptors (Lipinski definition) is 11. The largest absolute Gasteiger partial charge is 0.379 e. The molecule has 0 radical (unpaired) electrons. The molecule has 1 aromatic carbocycles. The van der Waals surface area contributed by atoms with Crippen LogP contribution in [0.5, 0.6) is 0 Å². The molecule has 348 valence electrons. The second kappa shape index (κ2) is 26.2. The molecular formula is C47H77N7O7S. The molecule has 0 bridgehead atoms. The van der Waals surface area contributed by atoms with E-state index in [0.29, 0.717) is 45.6 Å². The van der Waals surface area contributed by atoms with Crippen molar-refractivity contribution in [3.8, 4) is 0 Å². The van der Waals surface area contributed by atoms with Gasteiger partial charge < -0.3 is 39.5 Å². The van der Waals surface area contributed by atoms with E-state index in [2.05, 4.69) is 27.1 Å². The van der Waals surface area contributed by atoms with Gasteiger partial charge in [-0.1, -0.05) is 84.0 Å². The molecule has 0 spiro atoms. The van der Waals surface area contributed by atoms with Gasteiger partial charge in [-0.3, -0.25) is 24.1 Å². The lowest BCUT2D eigenvalue weighted by Gasteiger charge is -2.39. The molecule has 15 heteroatoms. The molecule has 0 aliphatic carbocycles. The lowest BCUT2D eigenvalue weighted by Crippen LogP contribution is -2.59. The van der Waals surface area contributed by atoms with E-state index in [4.69, 9.17) is 14.2 Å². The molecule has 2 heterocycles. The van der Waals surface area contributed by atoms with Crippen LogP contribution in [-0.4, -0.2) is 160 Å². The van der Waals surface area contributed by atoms with Gasteiger partial charge in [-0.2, -0.15) is 0 Å². The zero-order chi connectivity index (χ0) is 46.1. The number of methoxy groups -OCH3 is 2. The quantitative estimate of drug-likeness (QED) is 0.0924. The van der Waals surface area contributed by atoms with Crippen molar-refractivity contribution < 1.29 is 33.4 Å². The molecule has 3 rings (SSSR count). The van der Waals surface area contributed by atoms with Gasteiger partial charge in [0.15, 0.2) is 0 Å². The number of thiazole rings is 1. The summed E-state index contributed by atoms with van der Waals surface area (Å²) < 4.78 is 17.9. The van der Waals surface area contributed by atoms with Crippen LogP contribution in [0.4, 0.5) is 0 Å². The van der Waals surface area contributed by atoms with Crippen molar-refractivity contribution in [2.75, 3.05) is 75.3 Å². The molecule has 1 fully saturated rings. The highest BCUT2D eigenvalue weighted by Crippen LogP contribution is 2.30. The minimum Gasteiger partial charge on any atom is -0.379 e. The lowest BCUT2D eigenvalue weighted by molar-refractivity contribution is -0.145. The summed E-state index contributed by atoms with van der Waals surface area (Å²) in [5.41, 5.74) is 1.81. The average molecular weight is 884 g/mol. The van der Waals surface area contributed by atoms with E-state index in [-0.39, 0.29) is 54.0 Å². The summed E-state index contributed by atoms with van der Waals surface area (Å²) in [7, 11) is 10.7. The van der Waals surface area contributed by atoms with Crippen LogP contribution < -0.4 is 10.6 Å². The van der Waals surface area contributed by atoms with E-state index in [1.807, 2.05) is 108 Å². The number of likely N-dealkylation sites (N-methyl/N-ethyl adjacent to an activating group) is 3. The summed E-state index contributed by atoms with van der Waals surface area (Å²) in [5.74, 6) is -1.69. The van der Waals surface area contributed by atoms with E-state index >= 15 is 0 Å². The molecule has 1 aliphatic rings. The number of carbonyl (C=O) groups excluding carboxylic acids is 4. The summed E-state index contributed by atoms with van der Waals surface area (Å²) in [6.45, 7) is 18.9. The summed E-state index contributed by atoms with van der Waals surface area (Å²) in [6.07, 6.45) is 2.99. The van der Waals surface area contributed by atoms with Gasteiger partial charge in [0.1, 0.15) is 11.0 Å². The third-order valence-corrected chi connectivity index (χ3v) is 13.0. The number of aromatic nitrogens is 1. The van der Waals surface area contributed by atoms with Crippen molar-refractivity contribution >= 4 is 35.0 Å². The van der Waals surface area contributed by atoms with E-state index in [0.717, 1.165) is 29.1 Å². The van der Waals surface area contributed by atoms with Crippen molar-refractivity contribution in [1.82, 2.24) is 35.2 Å². The standard InChI is InChI=1S/C47H77N7O7S/c1-14-33(6)42(53(11)47(58)40(31(2)3)50-45(57)41(32(4)5)52(10)25-27-61-26-24-51(8)9)38(59-12)30-39(55)54-23-18-21-37(54)43(60-13)34(7)44(56)49-36(46-48-22-28-62-46)29-35-19-16-15-17-20-35/h15-17,19-20,22,28,31-32,34,36-38,40-43H,6,14,18,21,23-27,29-30H2,1-5,7-13H3,(H,49,56)(H,50,57)/t34-,36+,37+,38-,40+,41+,42+,43-/m1/s1. The van der Waals surface area contributed by atoms with Crippen molar-refractivity contribution in [2.45, 2.75) is 116 Å². The third kappa shape index (κ3) is 14.9. The maximum Gasteiger partial charge on any atom is 0.245 e. The van der Waals surface area contributed by atoms with Crippen LogP contribution in [0, 0.1) is 17.8 Å². The molecule has 0 unspecified atom stereocenters. The number of ether oxygens (including phenoxy) is 3. The smallest absolute Gasteiger partial charge is 0.245 e. The van der Waals surface area contributed by atoms with Crippen LogP contribution in [0.15, 0.2) is 54.1 Å². The van der Waals surface area contributed by atoms with E-state index in [1.54, 1.807) is 32.4 Å². The maximum absolute atomic E-state index is 14.5. The minimum absolute atomic E-state index is 0.0238. The SMILES string of the molecule is C=C(CC)[C@@H]([C@@H](CC(=O)N1CCC[C@H]1[C@H](OC)[C@@H](C)C(=O)N[C@@H](Cc1ccccc1)c1nccs1)OC)N(C)C(=O)[C@@H](NC(=O)[C@H](C(C)C)N(C)CCOCCN(C)C)C(C)C. The van der Waals surface area contributed by atoms with Gasteiger partial charge in [-0.05, 0) is 64.2 Å². The highest BCUT2D eigenvalue weighted by Gasteiger charge is 2.43. The molecule has 4 amide bonds. The Morgan fingerprint density at radius 2 is 1.60 bits per heavy atom. The minimum atomic E-state index is -0.834. The van der Waals surface area contributed by atoms with Gasteiger partial charge in [-0.15, -0.1) is 11.3 Å². The van der Waals surface area contributed by atoms with E-state index < -0.39 is 36.3 Å². The molecule has 1 aromatic heterocycles. The summed E-state index contributed by atoms with van der Waals surface area (Å²) in [6, 6.07) is 7.36. The second-order valence-electron chi connectivity index (χ2n) is 17.6. The van der Waals surface area contributed by atoms with Crippen LogP contribution in [0.25, 0.3) is 0 Å². The number of likely N-dealkylation sites (tertiary alicyclic amines) is 1. The topological polar surface area (TPSA) is 146 Å². The van der Waals surface area contributed by atoms with Crippen molar-refractivity contribution in [1.29, 1.82) is 0 Å². The first-order valence-electron chi connectivity index (χ1n) is 22.2. The summed E-state index contributed by atoms with van der Waals surface area (Å²) >= 11 is 1.50. The first kappa shape index (κ1) is 52.6. The number of hydrogen-bond donors (Lipinski definition) is 2. The summed E-state index contributed by atoms with van der Waals surface area (Å²) in [4.78, 5) is 68.8. The second-order valence-corrected chi connectivity index (χ2v) is 18.5. The van der Waals surface area contributed by atoms with Crippen molar-refractivity contribution in [3.05, 3.63) is 64.6 Å². The Morgan fingerprint density at radius 3 is 2.16 bits per heavy atom. The third-order valence-electron chi connectivity index (χ3n) is 12.1. The number of benzene rings is 1. The zero-order valence-electron chi connectivity index (χ0n) is 39.6. The normalized spacial score (nSPS) is 17.7. The lowest BCUT2D eigenvalue weighted by atomic mass is 9.92. The van der Waals surface area contributed by atoms with Crippen molar-refractivity contribution in [2.24, 2.45) is 17.8 Å². The van der Waals surface area contributed by atoms with E-state index in [9.17, 15) is 19.2 Å². The molecular weight excluding hydrogens is 807 g/mol. The first-order chi connectivity index (χ1) is 29.5. The average Bonchev–Trinajstić information content (AvgIpc) is 3.96. The fourth-order valence-electron chi connectivity index (χ4n) is 8.47. The molecule has 8 atom stereocenters. The Kier molecular flexibility index (Phi) is 22.2. The number of rotatable bonds is 27. The maximum atomic E-state index is 14.5.